The van der Waals surface area contributed by atoms with Crippen LogP contribution in [0.4, 0.5) is 0 Å². The van der Waals surface area contributed by atoms with Crippen molar-refractivity contribution in [3.63, 3.8) is 0 Å². The molecule has 1 aromatic rings. The molecular formula is C13H18N2O2S. The van der Waals surface area contributed by atoms with Gasteiger partial charge in [-0.05, 0) is 37.5 Å². The number of benzene rings is 1. The maximum atomic E-state index is 12.0. The third-order valence-electron chi connectivity index (χ3n) is 2.53. The van der Waals surface area contributed by atoms with Gasteiger partial charge in [0.15, 0.2) is 0 Å². The Labute approximate surface area is 109 Å². The number of nitrogens with zero attached hydrogens (tertiary/aromatic N) is 1. The lowest BCUT2D eigenvalue weighted by Crippen LogP contribution is -2.41. The van der Waals surface area contributed by atoms with Crippen molar-refractivity contribution in [3.05, 3.63) is 29.8 Å². The van der Waals surface area contributed by atoms with E-state index in [2.05, 4.69) is 4.72 Å². The molecule has 0 amide bonds. The summed E-state index contributed by atoms with van der Waals surface area (Å²) >= 11 is 0. The minimum absolute atomic E-state index is 0.176. The molecule has 98 valence electrons. The fourth-order valence-electron chi connectivity index (χ4n) is 1.45. The van der Waals surface area contributed by atoms with Crippen LogP contribution >= 0.6 is 0 Å². The van der Waals surface area contributed by atoms with E-state index < -0.39 is 15.6 Å². The van der Waals surface area contributed by atoms with Gasteiger partial charge in [-0.15, -0.1) is 0 Å². The summed E-state index contributed by atoms with van der Waals surface area (Å²) in [5.74, 6) is 0.352. The topological polar surface area (TPSA) is 70.0 Å². The Morgan fingerprint density at radius 3 is 2.11 bits per heavy atom. The van der Waals surface area contributed by atoms with Gasteiger partial charge in [0.2, 0.25) is 10.0 Å². The van der Waals surface area contributed by atoms with Crippen LogP contribution < -0.4 is 4.72 Å². The Hall–Kier alpha value is -1.38. The third-order valence-corrected chi connectivity index (χ3v) is 4.20. The summed E-state index contributed by atoms with van der Waals surface area (Å²) in [6.45, 7) is 7.13. The largest absolute Gasteiger partial charge is 0.241 e. The van der Waals surface area contributed by atoms with Crippen molar-refractivity contribution in [2.24, 2.45) is 0 Å². The van der Waals surface area contributed by atoms with E-state index in [9.17, 15) is 8.42 Å². The van der Waals surface area contributed by atoms with E-state index in [4.69, 9.17) is 5.26 Å². The SMILES string of the molecule is CC(C)c1ccc(S(=O)(=O)NC(C)(C)C#N)cc1. The van der Waals surface area contributed by atoms with E-state index in [-0.39, 0.29) is 4.90 Å². The Kier molecular flexibility index (Phi) is 4.15. The lowest BCUT2D eigenvalue weighted by atomic mass is 10.0. The smallest absolute Gasteiger partial charge is 0.207 e. The maximum absolute atomic E-state index is 12.0. The highest BCUT2D eigenvalue weighted by Gasteiger charge is 2.25. The van der Waals surface area contributed by atoms with Crippen molar-refractivity contribution in [1.29, 1.82) is 5.26 Å². The molecular weight excluding hydrogens is 248 g/mol. The second-order valence-corrected chi connectivity index (χ2v) is 6.75. The number of nitrogens with one attached hydrogen (secondary N) is 1. The quantitative estimate of drug-likeness (QED) is 0.909. The summed E-state index contributed by atoms with van der Waals surface area (Å²) < 4.78 is 26.4. The standard InChI is InChI=1S/C13H18N2O2S/c1-10(2)11-5-7-12(8-6-11)18(16,17)15-13(3,4)9-14/h5-8,10,15H,1-4H3. The molecule has 0 saturated heterocycles. The first-order chi connectivity index (χ1) is 8.18. The summed E-state index contributed by atoms with van der Waals surface area (Å²) in [4.78, 5) is 0.176. The fraction of sp³-hybridized carbons (Fsp3) is 0.462. The summed E-state index contributed by atoms with van der Waals surface area (Å²) in [5, 5.41) is 8.84. The minimum atomic E-state index is -3.65. The Morgan fingerprint density at radius 2 is 1.72 bits per heavy atom. The first-order valence-electron chi connectivity index (χ1n) is 5.73. The lowest BCUT2D eigenvalue weighted by Gasteiger charge is -2.17. The molecule has 0 bridgehead atoms. The van der Waals surface area contributed by atoms with Crippen molar-refractivity contribution in [3.8, 4) is 6.07 Å². The van der Waals surface area contributed by atoms with Crippen LogP contribution in [0.25, 0.3) is 0 Å². The van der Waals surface area contributed by atoms with Crippen molar-refractivity contribution in [1.82, 2.24) is 4.72 Å². The first-order valence-corrected chi connectivity index (χ1v) is 7.21. The maximum Gasteiger partial charge on any atom is 0.241 e. The molecule has 4 nitrogen and oxygen atoms in total. The van der Waals surface area contributed by atoms with Crippen LogP contribution in [0.15, 0.2) is 29.2 Å². The molecule has 18 heavy (non-hydrogen) atoms. The average molecular weight is 266 g/mol. The number of rotatable bonds is 4. The summed E-state index contributed by atoms with van der Waals surface area (Å²) in [6, 6.07) is 8.61. The van der Waals surface area contributed by atoms with Crippen LogP contribution in [0.2, 0.25) is 0 Å². The zero-order valence-electron chi connectivity index (χ0n) is 11.1. The van der Waals surface area contributed by atoms with Crippen molar-refractivity contribution in [2.45, 2.75) is 44.0 Å². The van der Waals surface area contributed by atoms with E-state index in [0.717, 1.165) is 5.56 Å². The molecule has 0 spiro atoms. The average Bonchev–Trinajstić information content (AvgIpc) is 2.28. The van der Waals surface area contributed by atoms with Gasteiger partial charge < -0.3 is 0 Å². The second-order valence-electron chi connectivity index (χ2n) is 5.07. The van der Waals surface area contributed by atoms with Gasteiger partial charge in [0.1, 0.15) is 5.54 Å². The fourth-order valence-corrected chi connectivity index (χ4v) is 2.78. The summed E-state index contributed by atoms with van der Waals surface area (Å²) in [5.41, 5.74) is -0.0382. The lowest BCUT2D eigenvalue weighted by molar-refractivity contribution is 0.535. The zero-order valence-corrected chi connectivity index (χ0v) is 11.9. The molecule has 0 radical (unpaired) electrons. The van der Waals surface area contributed by atoms with E-state index in [1.165, 1.54) is 13.8 Å². The van der Waals surface area contributed by atoms with Crippen LogP contribution in [-0.2, 0) is 10.0 Å². The van der Waals surface area contributed by atoms with E-state index >= 15 is 0 Å². The predicted molar refractivity (Wildman–Crippen MR) is 70.5 cm³/mol. The van der Waals surface area contributed by atoms with Crippen molar-refractivity contribution in [2.75, 3.05) is 0 Å². The second kappa shape index (κ2) is 5.09. The Bertz CT molecular complexity index is 552. The van der Waals surface area contributed by atoms with E-state index in [1.54, 1.807) is 24.3 Å². The predicted octanol–water partition coefficient (Wildman–Crippen LogP) is 2.39. The van der Waals surface area contributed by atoms with E-state index in [0.29, 0.717) is 5.92 Å². The van der Waals surface area contributed by atoms with Crippen LogP contribution in [0.5, 0.6) is 0 Å². The molecule has 0 unspecified atom stereocenters. The van der Waals surface area contributed by atoms with Crippen LogP contribution in [0.1, 0.15) is 39.2 Å². The molecule has 1 aromatic carbocycles. The molecule has 0 aliphatic heterocycles. The van der Waals surface area contributed by atoms with Crippen LogP contribution in [-0.4, -0.2) is 14.0 Å². The molecule has 0 aliphatic rings. The summed E-state index contributed by atoms with van der Waals surface area (Å²) in [7, 11) is -3.65. The van der Waals surface area contributed by atoms with Crippen LogP contribution in [0.3, 0.4) is 0 Å². The van der Waals surface area contributed by atoms with Gasteiger partial charge >= 0.3 is 0 Å². The molecule has 0 aromatic heterocycles. The van der Waals surface area contributed by atoms with Crippen molar-refractivity contribution < 1.29 is 8.42 Å². The molecule has 0 aliphatic carbocycles. The van der Waals surface area contributed by atoms with Gasteiger partial charge in [-0.25, -0.2) is 8.42 Å². The molecule has 0 heterocycles. The zero-order chi connectivity index (χ0) is 14.0. The number of nitriles is 1. The number of hydrogen-bond acceptors (Lipinski definition) is 3. The van der Waals surface area contributed by atoms with E-state index in [1.807, 2.05) is 19.9 Å². The highest BCUT2D eigenvalue weighted by molar-refractivity contribution is 7.89. The highest BCUT2D eigenvalue weighted by Crippen LogP contribution is 2.18. The molecule has 0 saturated carbocycles. The first kappa shape index (κ1) is 14.7. The molecule has 0 atom stereocenters. The normalized spacial score (nSPS) is 12.4. The van der Waals surface area contributed by atoms with Gasteiger partial charge in [-0.1, -0.05) is 26.0 Å². The Balaban J connectivity index is 3.04. The monoisotopic (exact) mass is 266 g/mol. The van der Waals surface area contributed by atoms with Gasteiger partial charge in [0, 0.05) is 0 Å². The van der Waals surface area contributed by atoms with Crippen LogP contribution in [0, 0.1) is 11.3 Å². The molecule has 5 heteroatoms. The Morgan fingerprint density at radius 1 is 1.22 bits per heavy atom. The molecule has 1 N–H and O–H groups in total. The summed E-state index contributed by atoms with van der Waals surface area (Å²) in [6.07, 6.45) is 0. The molecule has 1 rings (SSSR count). The molecule has 0 fully saturated rings. The minimum Gasteiger partial charge on any atom is -0.207 e. The van der Waals surface area contributed by atoms with Gasteiger partial charge in [-0.2, -0.15) is 9.98 Å². The highest BCUT2D eigenvalue weighted by atomic mass is 32.2. The number of sulfonamides is 1. The number of hydrogen-bond donors (Lipinski definition) is 1. The van der Waals surface area contributed by atoms with Gasteiger partial charge in [-0.3, -0.25) is 0 Å². The van der Waals surface area contributed by atoms with Gasteiger partial charge in [0.25, 0.3) is 0 Å². The van der Waals surface area contributed by atoms with Crippen molar-refractivity contribution >= 4 is 10.0 Å². The third kappa shape index (κ3) is 3.56. The van der Waals surface area contributed by atoms with Gasteiger partial charge in [0.05, 0.1) is 11.0 Å².